The Hall–Kier alpha value is -3.04. The lowest BCUT2D eigenvalue weighted by molar-refractivity contribution is 0.0497. The molecule has 5 nitrogen and oxygen atoms in total. The summed E-state index contributed by atoms with van der Waals surface area (Å²) in [4.78, 5) is 14.1. The molecule has 0 radical (unpaired) electrons. The van der Waals surface area contributed by atoms with Crippen molar-refractivity contribution in [3.05, 3.63) is 86.5 Å². The van der Waals surface area contributed by atoms with Gasteiger partial charge in [0.1, 0.15) is 17.2 Å². The highest BCUT2D eigenvalue weighted by atomic mass is 31.2. The fourth-order valence-corrected chi connectivity index (χ4v) is 10.8. The van der Waals surface area contributed by atoms with Gasteiger partial charge in [-0.3, -0.25) is 0 Å². The number of hydrogen-bond acceptors (Lipinski definition) is 5. The summed E-state index contributed by atoms with van der Waals surface area (Å²) in [5.41, 5.74) is 8.54. The number of unbranched alkanes of at least 4 members (excludes halogenated alkanes) is 13. The smallest absolute Gasteiger partial charge is 0.462 e. The molecule has 1 aliphatic rings. The normalized spacial score (nSPS) is 15.8. The van der Waals surface area contributed by atoms with Gasteiger partial charge in [-0.2, -0.15) is 0 Å². The molecule has 0 unspecified atom stereocenters. The van der Waals surface area contributed by atoms with Crippen LogP contribution in [0.15, 0.2) is 36.4 Å². The summed E-state index contributed by atoms with van der Waals surface area (Å²) in [6.07, 6.45) is 22.0. The van der Waals surface area contributed by atoms with Crippen LogP contribution in [0.25, 0.3) is 0 Å². The first-order valence-electron chi connectivity index (χ1n) is 28.7. The lowest BCUT2D eigenvalue weighted by Gasteiger charge is -2.38. The van der Waals surface area contributed by atoms with Crippen molar-refractivity contribution in [2.24, 2.45) is 0 Å². The summed E-state index contributed by atoms with van der Waals surface area (Å²) in [7, 11) is -2.10. The van der Waals surface area contributed by atoms with Crippen LogP contribution in [0.1, 0.15) is 315 Å². The lowest BCUT2D eigenvalue weighted by Crippen LogP contribution is -2.26. The molecule has 0 spiro atoms. The van der Waals surface area contributed by atoms with Crippen LogP contribution in [-0.4, -0.2) is 12.6 Å². The van der Waals surface area contributed by atoms with Crippen molar-refractivity contribution in [2.75, 3.05) is 6.61 Å². The molecular formula is C65H105O5P. The van der Waals surface area contributed by atoms with Crippen LogP contribution in [-0.2, 0) is 37.2 Å². The minimum atomic E-state index is -2.10. The molecule has 0 fully saturated rings. The van der Waals surface area contributed by atoms with Crippen LogP contribution < -0.4 is 13.6 Å². The Morgan fingerprint density at radius 3 is 1.17 bits per heavy atom. The quantitative estimate of drug-likeness (QED) is 0.0456. The van der Waals surface area contributed by atoms with Crippen molar-refractivity contribution in [3.63, 3.8) is 0 Å². The van der Waals surface area contributed by atoms with Crippen LogP contribution in [0.4, 0.5) is 0 Å². The van der Waals surface area contributed by atoms with E-state index in [4.69, 9.17) is 18.3 Å². The van der Waals surface area contributed by atoms with Gasteiger partial charge in [0.15, 0.2) is 0 Å². The van der Waals surface area contributed by atoms with E-state index < -0.39 is 19.4 Å². The molecular weight excluding hydrogens is 892 g/mol. The molecule has 1 heterocycles. The Balaban J connectivity index is 1.79. The highest BCUT2D eigenvalue weighted by molar-refractivity contribution is 7.43. The molecule has 6 heteroatoms. The van der Waals surface area contributed by atoms with Crippen molar-refractivity contribution >= 4 is 14.6 Å². The number of carbonyl (C=O) groups is 1. The van der Waals surface area contributed by atoms with E-state index in [1.54, 1.807) is 0 Å². The van der Waals surface area contributed by atoms with Gasteiger partial charge >= 0.3 is 14.6 Å². The first-order chi connectivity index (χ1) is 33.1. The lowest BCUT2D eigenvalue weighted by atomic mass is 9.72. The maximum atomic E-state index is 14.1. The first kappa shape index (κ1) is 60.5. The van der Waals surface area contributed by atoms with E-state index in [9.17, 15) is 4.79 Å². The molecule has 0 aromatic heterocycles. The van der Waals surface area contributed by atoms with E-state index in [1.807, 2.05) is 12.1 Å². The second-order valence-electron chi connectivity index (χ2n) is 26.2. The van der Waals surface area contributed by atoms with Crippen molar-refractivity contribution in [1.82, 2.24) is 0 Å². The largest absolute Gasteiger partial charge is 0.530 e. The van der Waals surface area contributed by atoms with Crippen molar-refractivity contribution in [1.29, 1.82) is 0 Å². The third kappa shape index (κ3) is 15.7. The molecule has 3 aromatic carbocycles. The maximum absolute atomic E-state index is 14.1. The summed E-state index contributed by atoms with van der Waals surface area (Å²) >= 11 is 0. The SMILES string of the molecule is CCCCCCCCCCCCCCCCOC(=O)c1cc(C(C)(C)C)c(OP2Oc3c(cc(C(C)(C)CC)cc3C(C)(C)CC)C(C)c3cc(C(C)(C)CC)cc(C(C)(C)CC)c3O2)c(C(C)(C)C)c1. The molecule has 0 bridgehead atoms. The van der Waals surface area contributed by atoms with E-state index in [0.29, 0.717) is 12.2 Å². The first-order valence-corrected chi connectivity index (χ1v) is 29.8. The second kappa shape index (κ2) is 25.5. The van der Waals surface area contributed by atoms with E-state index in [-0.39, 0.29) is 33.5 Å². The van der Waals surface area contributed by atoms with Gasteiger partial charge in [-0.1, -0.05) is 246 Å². The van der Waals surface area contributed by atoms with Crippen molar-refractivity contribution in [2.45, 2.75) is 292 Å². The predicted octanol–water partition coefficient (Wildman–Crippen LogP) is 20.9. The van der Waals surface area contributed by atoms with E-state index in [0.717, 1.165) is 66.9 Å². The Labute approximate surface area is 438 Å². The van der Waals surface area contributed by atoms with Crippen LogP contribution in [0.2, 0.25) is 0 Å². The molecule has 71 heavy (non-hydrogen) atoms. The summed E-state index contributed by atoms with van der Waals surface area (Å²) in [5.74, 6) is 2.15. The molecule has 0 amide bonds. The summed E-state index contributed by atoms with van der Waals surface area (Å²) in [6.45, 7) is 46.2. The van der Waals surface area contributed by atoms with Gasteiger partial charge in [0.2, 0.25) is 0 Å². The van der Waals surface area contributed by atoms with E-state index >= 15 is 0 Å². The molecule has 0 saturated carbocycles. The fourth-order valence-electron chi connectivity index (χ4n) is 9.68. The number of fused-ring (bicyclic) bond motifs is 2. The standard InChI is InChI=1S/C65H105O5P/c1-21-26-27-28-29-30-31-32-33-34-35-36-37-38-39-67-59(66)47-40-52(60(7,8)9)58(53(41-47)61(10,11)12)70-71-68-56-50(42-48(62(13,14)22-2)44-54(56)64(17,18)24-4)46(6)51-43-49(63(15,16)23-3)45-55(57(51)69-71)65(19,20)25-5/h40-46H,21-39H2,1-20H3. The Bertz CT molecular complexity index is 2050. The van der Waals surface area contributed by atoms with Gasteiger partial charge in [0.05, 0.1) is 12.2 Å². The van der Waals surface area contributed by atoms with Crippen molar-refractivity contribution < 1.29 is 23.1 Å². The Kier molecular flexibility index (Phi) is 21.7. The summed E-state index contributed by atoms with van der Waals surface area (Å²) in [6, 6.07) is 13.7. The molecule has 400 valence electrons. The highest BCUT2D eigenvalue weighted by Gasteiger charge is 2.41. The molecule has 0 N–H and O–H groups in total. The molecule has 4 rings (SSSR count). The topological polar surface area (TPSA) is 54.0 Å². The maximum Gasteiger partial charge on any atom is 0.530 e. The zero-order valence-corrected chi connectivity index (χ0v) is 50.4. The van der Waals surface area contributed by atoms with Crippen LogP contribution in [0, 0.1) is 0 Å². The Morgan fingerprint density at radius 1 is 0.479 bits per heavy atom. The van der Waals surface area contributed by atoms with Crippen molar-refractivity contribution in [3.8, 4) is 17.2 Å². The molecule has 0 aliphatic carbocycles. The van der Waals surface area contributed by atoms with Gasteiger partial charge in [0, 0.05) is 39.3 Å². The zero-order valence-electron chi connectivity index (χ0n) is 49.5. The van der Waals surface area contributed by atoms with Gasteiger partial charge in [-0.15, -0.1) is 0 Å². The number of rotatable bonds is 26. The number of esters is 1. The highest BCUT2D eigenvalue weighted by Crippen LogP contribution is 2.58. The summed E-state index contributed by atoms with van der Waals surface area (Å²) < 4.78 is 28.5. The second-order valence-corrected chi connectivity index (χ2v) is 27.2. The average Bonchev–Trinajstić information content (AvgIpc) is 3.30. The average molecular weight is 998 g/mol. The van der Waals surface area contributed by atoms with E-state index in [2.05, 4.69) is 163 Å². The molecule has 0 saturated heterocycles. The third-order valence-electron chi connectivity index (χ3n) is 16.9. The number of benzene rings is 3. The predicted molar refractivity (Wildman–Crippen MR) is 307 cm³/mol. The van der Waals surface area contributed by atoms with Crippen LogP contribution in [0.3, 0.4) is 0 Å². The van der Waals surface area contributed by atoms with Crippen LogP contribution in [0.5, 0.6) is 17.2 Å². The van der Waals surface area contributed by atoms with Gasteiger partial charge < -0.3 is 18.3 Å². The van der Waals surface area contributed by atoms with E-state index in [1.165, 1.54) is 110 Å². The number of ether oxygens (including phenoxy) is 1. The van der Waals surface area contributed by atoms with Gasteiger partial charge in [-0.05, 0) is 87.9 Å². The fraction of sp³-hybridized carbons (Fsp3) is 0.708. The third-order valence-corrected chi connectivity index (χ3v) is 17.9. The zero-order chi connectivity index (χ0) is 53.2. The Morgan fingerprint density at radius 2 is 0.831 bits per heavy atom. The summed E-state index contributed by atoms with van der Waals surface area (Å²) in [5, 5.41) is 0. The minimum absolute atomic E-state index is 0.0275. The number of hydrogen-bond donors (Lipinski definition) is 0. The molecule has 0 atom stereocenters. The minimum Gasteiger partial charge on any atom is -0.462 e. The van der Waals surface area contributed by atoms with Gasteiger partial charge in [-0.25, -0.2) is 4.79 Å². The number of carbonyl (C=O) groups excluding carboxylic acids is 1. The molecule has 1 aliphatic heterocycles. The monoisotopic (exact) mass is 997 g/mol. The van der Waals surface area contributed by atoms with Gasteiger partial charge in [0.25, 0.3) is 0 Å². The molecule has 3 aromatic rings. The van der Waals surface area contributed by atoms with Crippen LogP contribution >= 0.6 is 8.60 Å².